The Morgan fingerprint density at radius 2 is 1.91 bits per heavy atom. The molecule has 2 amide bonds. The number of methoxy groups -OCH3 is 1. The van der Waals surface area contributed by atoms with E-state index in [-0.39, 0.29) is 18.3 Å². The molecule has 1 aromatic heterocycles. The van der Waals surface area contributed by atoms with E-state index in [4.69, 9.17) is 25.5 Å². The van der Waals surface area contributed by atoms with Gasteiger partial charge in [0.05, 0.1) is 17.8 Å². The lowest BCUT2D eigenvalue weighted by Crippen LogP contribution is -2.20. The van der Waals surface area contributed by atoms with Crippen LogP contribution in [0, 0.1) is 0 Å². The number of halogens is 2. The summed E-state index contributed by atoms with van der Waals surface area (Å²) in [5.41, 5.74) is 4.26. The summed E-state index contributed by atoms with van der Waals surface area (Å²) in [7, 11) is 1.48. The first kappa shape index (κ1) is 24.3. The number of para-hydroxylation sites is 1. The SMILES string of the molecule is COc1cc(/C=N/NC(=O)c2cc3cc(Cl)ccc3o2)cc(Br)c1OCC(=O)Nc1ccccc1. The number of ether oxygens (including phenoxy) is 2. The summed E-state index contributed by atoms with van der Waals surface area (Å²) >= 11 is 9.39. The number of fused-ring (bicyclic) bond motifs is 1. The molecule has 35 heavy (non-hydrogen) atoms. The lowest BCUT2D eigenvalue weighted by atomic mass is 10.2. The molecule has 0 bridgehead atoms. The number of amides is 2. The van der Waals surface area contributed by atoms with Gasteiger partial charge in [-0.1, -0.05) is 29.8 Å². The molecular formula is C25H19BrClN3O5. The number of nitrogens with one attached hydrogen (secondary N) is 2. The third kappa shape index (κ3) is 6.20. The van der Waals surface area contributed by atoms with Gasteiger partial charge in [0.1, 0.15) is 5.58 Å². The van der Waals surface area contributed by atoms with Crippen LogP contribution in [-0.2, 0) is 4.79 Å². The lowest BCUT2D eigenvalue weighted by Gasteiger charge is -2.13. The van der Waals surface area contributed by atoms with E-state index in [9.17, 15) is 9.59 Å². The Morgan fingerprint density at radius 3 is 2.69 bits per heavy atom. The average Bonchev–Trinajstić information content (AvgIpc) is 3.27. The van der Waals surface area contributed by atoms with Crippen LogP contribution in [0.4, 0.5) is 5.69 Å². The topological polar surface area (TPSA) is 102 Å². The number of hydrogen-bond acceptors (Lipinski definition) is 6. The minimum atomic E-state index is -0.510. The second-order valence-corrected chi connectivity index (χ2v) is 8.52. The minimum Gasteiger partial charge on any atom is -0.493 e. The van der Waals surface area contributed by atoms with Crippen LogP contribution in [-0.4, -0.2) is 31.7 Å². The fourth-order valence-electron chi connectivity index (χ4n) is 3.16. The first-order valence-electron chi connectivity index (χ1n) is 10.3. The third-order valence-corrected chi connectivity index (χ3v) is 5.56. The summed E-state index contributed by atoms with van der Waals surface area (Å²) in [6.07, 6.45) is 1.44. The molecule has 1 heterocycles. The quantitative estimate of drug-likeness (QED) is 0.216. The van der Waals surface area contributed by atoms with E-state index < -0.39 is 5.91 Å². The van der Waals surface area contributed by atoms with Crippen molar-refractivity contribution < 1.29 is 23.5 Å². The molecule has 178 valence electrons. The normalized spacial score (nSPS) is 10.9. The van der Waals surface area contributed by atoms with Crippen molar-refractivity contribution in [1.82, 2.24) is 5.43 Å². The van der Waals surface area contributed by atoms with Gasteiger partial charge in [0.15, 0.2) is 23.9 Å². The number of furan rings is 1. The summed E-state index contributed by atoms with van der Waals surface area (Å²) < 4.78 is 17.1. The van der Waals surface area contributed by atoms with E-state index in [1.54, 1.807) is 48.5 Å². The van der Waals surface area contributed by atoms with Gasteiger partial charge in [-0.25, -0.2) is 5.43 Å². The lowest BCUT2D eigenvalue weighted by molar-refractivity contribution is -0.118. The van der Waals surface area contributed by atoms with Crippen molar-refractivity contribution in [3.63, 3.8) is 0 Å². The fourth-order valence-corrected chi connectivity index (χ4v) is 3.91. The predicted octanol–water partition coefficient (Wildman–Crippen LogP) is 5.64. The van der Waals surface area contributed by atoms with Crippen molar-refractivity contribution in [3.8, 4) is 11.5 Å². The molecule has 10 heteroatoms. The second-order valence-electron chi connectivity index (χ2n) is 7.23. The van der Waals surface area contributed by atoms with Crippen molar-refractivity contribution in [2.75, 3.05) is 19.0 Å². The standard InChI is InChI=1S/C25H19BrClN3O5/c1-33-21-10-15(9-19(26)24(21)34-14-23(31)29-18-5-3-2-4-6-18)13-28-30-25(32)22-12-16-11-17(27)7-8-20(16)35-22/h2-13H,14H2,1H3,(H,29,31)(H,30,32)/b28-13+. The Balaban J connectivity index is 1.39. The van der Waals surface area contributed by atoms with Crippen LogP contribution in [0.15, 0.2) is 80.7 Å². The predicted molar refractivity (Wildman–Crippen MR) is 138 cm³/mol. The van der Waals surface area contributed by atoms with Crippen molar-refractivity contribution in [2.24, 2.45) is 5.10 Å². The summed E-state index contributed by atoms with van der Waals surface area (Å²) in [5.74, 6) is 0.0257. The molecule has 3 aromatic carbocycles. The van der Waals surface area contributed by atoms with Gasteiger partial charge in [0.2, 0.25) is 0 Å². The highest BCUT2D eigenvalue weighted by molar-refractivity contribution is 9.10. The van der Waals surface area contributed by atoms with E-state index in [2.05, 4.69) is 31.8 Å². The number of benzene rings is 3. The van der Waals surface area contributed by atoms with Gasteiger partial charge in [0.25, 0.3) is 5.91 Å². The molecule has 0 radical (unpaired) electrons. The number of carbonyl (C=O) groups is 2. The van der Waals surface area contributed by atoms with Crippen molar-refractivity contribution in [2.45, 2.75) is 0 Å². The molecule has 8 nitrogen and oxygen atoms in total. The summed E-state index contributed by atoms with van der Waals surface area (Å²) in [6.45, 7) is -0.212. The number of anilines is 1. The molecule has 0 aliphatic heterocycles. The molecule has 0 atom stereocenters. The Bertz CT molecular complexity index is 1410. The number of nitrogens with zero attached hydrogens (tertiary/aromatic N) is 1. The molecule has 0 aliphatic carbocycles. The average molecular weight is 557 g/mol. The minimum absolute atomic E-state index is 0.107. The van der Waals surface area contributed by atoms with E-state index >= 15 is 0 Å². The summed E-state index contributed by atoms with van der Waals surface area (Å²) in [5, 5.41) is 7.99. The molecule has 0 saturated heterocycles. The van der Waals surface area contributed by atoms with Crippen molar-refractivity contribution >= 4 is 62.2 Å². The molecule has 0 unspecified atom stereocenters. The third-order valence-electron chi connectivity index (χ3n) is 4.74. The van der Waals surface area contributed by atoms with E-state index in [0.29, 0.717) is 43.2 Å². The first-order valence-corrected chi connectivity index (χ1v) is 11.5. The number of hydrogen-bond donors (Lipinski definition) is 2. The van der Waals surface area contributed by atoms with Gasteiger partial charge in [-0.15, -0.1) is 0 Å². The van der Waals surface area contributed by atoms with E-state index in [1.807, 2.05) is 18.2 Å². The maximum Gasteiger partial charge on any atom is 0.307 e. The maximum absolute atomic E-state index is 12.4. The van der Waals surface area contributed by atoms with Crippen LogP contribution >= 0.6 is 27.5 Å². The van der Waals surface area contributed by atoms with Crippen LogP contribution in [0.25, 0.3) is 11.0 Å². The number of rotatable bonds is 8. The smallest absolute Gasteiger partial charge is 0.307 e. The molecule has 4 rings (SSSR count). The molecule has 0 fully saturated rings. The van der Waals surface area contributed by atoms with E-state index in [0.717, 1.165) is 0 Å². The number of carbonyl (C=O) groups excluding carboxylic acids is 2. The fraction of sp³-hybridized carbons (Fsp3) is 0.0800. The zero-order valence-electron chi connectivity index (χ0n) is 18.4. The largest absolute Gasteiger partial charge is 0.493 e. The van der Waals surface area contributed by atoms with Crippen LogP contribution in [0.3, 0.4) is 0 Å². The Labute approximate surface area is 214 Å². The highest BCUT2D eigenvalue weighted by Gasteiger charge is 2.14. The van der Waals surface area contributed by atoms with Crippen molar-refractivity contribution in [1.29, 1.82) is 0 Å². The molecule has 2 N–H and O–H groups in total. The van der Waals surface area contributed by atoms with Crippen molar-refractivity contribution in [3.05, 3.63) is 87.5 Å². The zero-order valence-corrected chi connectivity index (χ0v) is 20.7. The van der Waals surface area contributed by atoms with Gasteiger partial charge in [-0.05, 0) is 70.0 Å². The van der Waals surface area contributed by atoms with Crippen LogP contribution in [0.5, 0.6) is 11.5 Å². The van der Waals surface area contributed by atoms with Gasteiger partial charge in [-0.2, -0.15) is 5.10 Å². The van der Waals surface area contributed by atoms with Gasteiger partial charge in [0, 0.05) is 16.1 Å². The van der Waals surface area contributed by atoms with E-state index in [1.165, 1.54) is 13.3 Å². The monoisotopic (exact) mass is 555 g/mol. The van der Waals surface area contributed by atoms with Gasteiger partial charge in [-0.3, -0.25) is 9.59 Å². The summed E-state index contributed by atoms with van der Waals surface area (Å²) in [6, 6.07) is 19.1. The Hall–Kier alpha value is -3.82. The Kier molecular flexibility index (Phi) is 7.69. The van der Waals surface area contributed by atoms with Gasteiger partial charge >= 0.3 is 5.91 Å². The highest BCUT2D eigenvalue weighted by Crippen LogP contribution is 2.36. The maximum atomic E-state index is 12.4. The molecule has 0 aliphatic rings. The highest BCUT2D eigenvalue weighted by atomic mass is 79.9. The second kappa shape index (κ2) is 11.1. The zero-order chi connectivity index (χ0) is 24.8. The molecule has 0 saturated carbocycles. The van der Waals surface area contributed by atoms with Crippen LogP contribution in [0.2, 0.25) is 5.02 Å². The number of hydrazone groups is 1. The first-order chi connectivity index (χ1) is 16.9. The van der Waals surface area contributed by atoms with Gasteiger partial charge < -0.3 is 19.2 Å². The molecule has 4 aromatic rings. The van der Waals surface area contributed by atoms with Crippen LogP contribution in [0.1, 0.15) is 16.1 Å². The molecule has 0 spiro atoms. The van der Waals surface area contributed by atoms with Crippen LogP contribution < -0.4 is 20.2 Å². The Morgan fingerprint density at radius 1 is 1.11 bits per heavy atom. The summed E-state index contributed by atoms with van der Waals surface area (Å²) in [4.78, 5) is 24.6. The molecular weight excluding hydrogens is 538 g/mol.